The third-order valence-corrected chi connectivity index (χ3v) is 6.26. The zero-order chi connectivity index (χ0) is 34.9. The van der Waals surface area contributed by atoms with Gasteiger partial charge in [0.15, 0.2) is 5.78 Å². The van der Waals surface area contributed by atoms with Gasteiger partial charge in [0, 0.05) is 73.8 Å². The summed E-state index contributed by atoms with van der Waals surface area (Å²) in [5, 5.41) is 40.5. The van der Waals surface area contributed by atoms with Crippen molar-refractivity contribution in [2.24, 2.45) is 0 Å². The molecule has 0 aliphatic carbocycles. The van der Waals surface area contributed by atoms with Gasteiger partial charge in [-0.1, -0.05) is 39.5 Å². The predicted molar refractivity (Wildman–Crippen MR) is 181 cm³/mol. The fraction of sp³-hybridized carbons (Fsp3) is 0.969. The van der Waals surface area contributed by atoms with Crippen LogP contribution in [-0.4, -0.2) is 119 Å². The summed E-state index contributed by atoms with van der Waals surface area (Å²) in [5.41, 5.74) is -0.333. The van der Waals surface area contributed by atoms with E-state index in [1.807, 2.05) is 48.2 Å². The smallest absolute Gasteiger partial charge is 0.158 e. The van der Waals surface area contributed by atoms with E-state index >= 15 is 0 Å². The minimum absolute atomic E-state index is 0. The standard InChI is InChI=1S/C10H16O3.C9H16O3.4C3H8O.CH3PS.Ti/c1-7(11)8-4-10(6-12-10)5-9(2,3)13-8;1-8(2)5-9(6-11-9)3-7(4-10)12-8;4*1-2-3-4;1-2-3;/h8H,4-6H2,1-3H3;7,10H,3-6H2,1-2H3;4*4H,2-3H2,1H3;1H3;/t8-,10+;7-,9+;;;;;;/m00....../s1. The molecule has 4 aliphatic rings. The first kappa shape index (κ1) is 52.4. The van der Waals surface area contributed by atoms with E-state index in [0.717, 1.165) is 71.9 Å². The van der Waals surface area contributed by atoms with E-state index in [9.17, 15) is 4.79 Å². The molecule has 45 heavy (non-hydrogen) atoms. The molecule has 5 N–H and O–H groups in total. The van der Waals surface area contributed by atoms with Crippen molar-refractivity contribution in [2.75, 3.05) is 52.9 Å². The topological polar surface area (TPSA) is 162 Å². The molecule has 4 rings (SSSR count). The number of carbonyl (C=O) groups excluding carboxylic acids is 1. The number of rotatable bonds is 6. The van der Waals surface area contributed by atoms with E-state index in [1.165, 1.54) is 0 Å². The quantitative estimate of drug-likeness (QED) is 0.148. The molecule has 0 aromatic heterocycles. The Morgan fingerprint density at radius 2 is 1.02 bits per heavy atom. The Kier molecular flexibility index (Phi) is 34.3. The van der Waals surface area contributed by atoms with Crippen LogP contribution in [0.1, 0.15) is 114 Å². The summed E-state index contributed by atoms with van der Waals surface area (Å²) in [6.45, 7) is 22.4. The van der Waals surface area contributed by atoms with Crippen molar-refractivity contribution in [3.05, 3.63) is 0 Å². The summed E-state index contributed by atoms with van der Waals surface area (Å²) in [4.78, 5) is 11.2. The number of aliphatic hydroxyl groups excluding tert-OH is 5. The molecule has 4 atom stereocenters. The van der Waals surface area contributed by atoms with Crippen LogP contribution >= 0.6 is 7.36 Å². The number of hydrogen-bond acceptors (Lipinski definition) is 11. The van der Waals surface area contributed by atoms with Gasteiger partial charge in [-0.25, -0.2) is 0 Å². The van der Waals surface area contributed by atoms with Gasteiger partial charge in [0.1, 0.15) is 6.10 Å². The van der Waals surface area contributed by atoms with Crippen molar-refractivity contribution in [2.45, 2.75) is 148 Å². The van der Waals surface area contributed by atoms with E-state index in [2.05, 4.69) is 25.7 Å². The first-order chi connectivity index (χ1) is 20.6. The molecule has 13 heteroatoms. The summed E-state index contributed by atoms with van der Waals surface area (Å²) >= 11 is 4.37. The molecule has 270 valence electrons. The van der Waals surface area contributed by atoms with Crippen LogP contribution < -0.4 is 0 Å². The number of hydrogen-bond donors (Lipinski definition) is 5. The SMILES string of the molecule is CC(=O)[C@@H]1C[C@]2(CO2)CC(C)(C)O1.CC1(C)C[C@@]2(CO2)C[C@@H](CO)O1.CCCO.CCCO.CCCO.CCCO.CP=S.[Ti]. The third kappa shape index (κ3) is 29.2. The van der Waals surface area contributed by atoms with Crippen LogP contribution in [0.5, 0.6) is 0 Å². The first-order valence-electron chi connectivity index (χ1n) is 16.0. The fourth-order valence-corrected chi connectivity index (χ4v) is 4.42. The Balaban J connectivity index is -0.000000240. The molecule has 10 nitrogen and oxygen atoms in total. The molecule has 0 aromatic carbocycles. The van der Waals surface area contributed by atoms with Gasteiger partial charge in [-0.2, -0.15) is 0 Å². The Morgan fingerprint density at radius 3 is 1.27 bits per heavy atom. The monoisotopic (exact) mass is 722 g/mol. The maximum Gasteiger partial charge on any atom is 0.158 e. The van der Waals surface area contributed by atoms with Crippen molar-refractivity contribution in [3.8, 4) is 0 Å². The average molecular weight is 723 g/mol. The van der Waals surface area contributed by atoms with Crippen LogP contribution in [0.4, 0.5) is 0 Å². The predicted octanol–water partition coefficient (Wildman–Crippen LogP) is 4.58. The molecule has 0 bridgehead atoms. The van der Waals surface area contributed by atoms with Crippen LogP contribution in [0.3, 0.4) is 0 Å². The van der Waals surface area contributed by atoms with Crippen molar-refractivity contribution < 1.29 is 71.0 Å². The van der Waals surface area contributed by atoms with E-state index < -0.39 is 0 Å². The summed E-state index contributed by atoms with van der Waals surface area (Å²) in [7, 11) is 1.00. The number of epoxide rings is 2. The molecule has 2 spiro atoms. The van der Waals surface area contributed by atoms with E-state index in [-0.39, 0.29) is 68.7 Å². The zero-order valence-corrected chi connectivity index (χ0v) is 33.2. The van der Waals surface area contributed by atoms with Crippen molar-refractivity contribution in [1.29, 1.82) is 0 Å². The van der Waals surface area contributed by atoms with Gasteiger partial charge in [0.25, 0.3) is 0 Å². The van der Waals surface area contributed by atoms with Gasteiger partial charge in [0.05, 0.1) is 48.3 Å². The van der Waals surface area contributed by atoms with Crippen molar-refractivity contribution >= 4 is 24.9 Å². The van der Waals surface area contributed by atoms with Gasteiger partial charge in [0.2, 0.25) is 0 Å². The molecule has 4 heterocycles. The second kappa shape index (κ2) is 29.5. The van der Waals surface area contributed by atoms with Gasteiger partial charge in [-0.3, -0.25) is 4.79 Å². The van der Waals surface area contributed by atoms with Gasteiger partial charge in [-0.15, -0.1) is 0 Å². The fourth-order valence-electron chi connectivity index (χ4n) is 4.42. The second-order valence-electron chi connectivity index (χ2n) is 12.4. The molecular formula is C32H67O10PSTi. The first-order valence-corrected chi connectivity index (χ1v) is 18.3. The molecule has 4 fully saturated rings. The van der Waals surface area contributed by atoms with Crippen LogP contribution in [0, 0.1) is 0 Å². The molecule has 0 unspecified atom stereocenters. The summed E-state index contributed by atoms with van der Waals surface area (Å²) < 4.78 is 22.2. The minimum Gasteiger partial charge on any atom is -0.396 e. The number of ketones is 1. The van der Waals surface area contributed by atoms with E-state index in [0.29, 0.717) is 26.4 Å². The molecule has 4 aliphatic heterocycles. The van der Waals surface area contributed by atoms with E-state index in [1.54, 1.807) is 6.92 Å². The molecular weight excluding hydrogens is 655 g/mol. The Hall–Kier alpha value is 0.544. The average Bonchev–Trinajstić information content (AvgIpc) is 3.90. The van der Waals surface area contributed by atoms with Crippen LogP contribution in [0.25, 0.3) is 0 Å². The van der Waals surface area contributed by atoms with Crippen LogP contribution in [0.2, 0.25) is 0 Å². The van der Waals surface area contributed by atoms with Crippen molar-refractivity contribution in [1.82, 2.24) is 0 Å². The Bertz CT molecular complexity index is 671. The minimum atomic E-state index is -0.258. The zero-order valence-electron chi connectivity index (χ0n) is 29.9. The third-order valence-electron chi connectivity index (χ3n) is 6.26. The molecule has 0 aromatic rings. The summed E-state index contributed by atoms with van der Waals surface area (Å²) in [6, 6.07) is 0. The number of Topliss-reactive ketones (excluding diaryl/α,β-unsaturated/α-hetero) is 1. The number of aliphatic hydroxyl groups is 5. The molecule has 0 saturated carbocycles. The van der Waals surface area contributed by atoms with Gasteiger partial charge < -0.3 is 44.5 Å². The normalized spacial score (nSPS) is 27.2. The Labute approximate surface area is 296 Å². The Morgan fingerprint density at radius 1 is 0.733 bits per heavy atom. The summed E-state index contributed by atoms with van der Waals surface area (Å²) in [6.07, 6.45) is 6.67. The maximum absolute atomic E-state index is 11.2. The maximum atomic E-state index is 11.2. The summed E-state index contributed by atoms with van der Waals surface area (Å²) in [5.74, 6) is 0.114. The van der Waals surface area contributed by atoms with Gasteiger partial charge >= 0.3 is 0 Å². The molecule has 0 amide bonds. The van der Waals surface area contributed by atoms with Gasteiger partial charge in [-0.05, 0) is 74.3 Å². The van der Waals surface area contributed by atoms with E-state index in [4.69, 9.17) is 44.5 Å². The number of ether oxygens (including phenoxy) is 4. The van der Waals surface area contributed by atoms with Crippen LogP contribution in [-0.2, 0) is 57.3 Å². The van der Waals surface area contributed by atoms with Crippen molar-refractivity contribution in [3.63, 3.8) is 0 Å². The largest absolute Gasteiger partial charge is 0.396 e. The second-order valence-corrected chi connectivity index (χ2v) is 13.9. The number of carbonyl (C=O) groups is 1. The molecule has 4 saturated heterocycles. The molecule has 0 radical (unpaired) electrons. The van der Waals surface area contributed by atoms with Crippen LogP contribution in [0.15, 0.2) is 0 Å².